The number of nitrogens with zero attached hydrogens (tertiary/aromatic N) is 1. The van der Waals surface area contributed by atoms with Gasteiger partial charge in [0.15, 0.2) is 0 Å². The van der Waals surface area contributed by atoms with Gasteiger partial charge in [-0.05, 0) is 37.0 Å². The fourth-order valence-electron chi connectivity index (χ4n) is 2.04. The molecule has 112 valence electrons. The van der Waals surface area contributed by atoms with E-state index in [4.69, 9.17) is 9.57 Å². The van der Waals surface area contributed by atoms with Gasteiger partial charge in [0.05, 0.1) is 6.61 Å². The number of ether oxygens (including phenoxy) is 1. The molecule has 0 spiro atoms. The van der Waals surface area contributed by atoms with Crippen LogP contribution in [-0.2, 0) is 11.3 Å². The summed E-state index contributed by atoms with van der Waals surface area (Å²) in [6, 6.07) is 8.44. The van der Waals surface area contributed by atoms with Crippen LogP contribution in [0.4, 0.5) is 0 Å². The third kappa shape index (κ3) is 6.60. The van der Waals surface area contributed by atoms with Crippen molar-refractivity contribution in [2.75, 3.05) is 13.2 Å². The van der Waals surface area contributed by atoms with E-state index in [0.717, 1.165) is 24.5 Å². The third-order valence-electron chi connectivity index (χ3n) is 3.40. The summed E-state index contributed by atoms with van der Waals surface area (Å²) in [6.45, 7) is 7.67. The Balaban J connectivity index is 2.31. The molecule has 0 aliphatic carbocycles. The maximum Gasteiger partial charge on any atom is 0.119 e. The van der Waals surface area contributed by atoms with Gasteiger partial charge in [-0.1, -0.05) is 44.0 Å². The standard InChI is InChI=1S/C17H27NO2/c1-4-15(5-2)14-16-8-10-17(11-9-16)19-13-7-12-18-20-6-3/h8-12,15H,4-7,13-14H2,1-3H3/b18-12+. The first-order valence-electron chi connectivity index (χ1n) is 7.65. The van der Waals surface area contributed by atoms with Crippen LogP contribution in [0.15, 0.2) is 29.4 Å². The maximum absolute atomic E-state index is 5.65. The molecule has 0 unspecified atom stereocenters. The van der Waals surface area contributed by atoms with E-state index < -0.39 is 0 Å². The molecule has 0 heterocycles. The lowest BCUT2D eigenvalue weighted by Gasteiger charge is -2.12. The molecule has 1 rings (SSSR count). The van der Waals surface area contributed by atoms with Gasteiger partial charge in [-0.3, -0.25) is 0 Å². The number of oxime groups is 1. The molecule has 0 amide bonds. The molecule has 20 heavy (non-hydrogen) atoms. The van der Waals surface area contributed by atoms with Gasteiger partial charge in [0.25, 0.3) is 0 Å². The molecule has 0 aliphatic heterocycles. The first-order chi connectivity index (χ1) is 9.80. The molecule has 3 nitrogen and oxygen atoms in total. The van der Waals surface area contributed by atoms with Crippen LogP contribution in [0.5, 0.6) is 5.75 Å². The zero-order chi connectivity index (χ0) is 14.6. The summed E-state index contributed by atoms with van der Waals surface area (Å²) in [5.74, 6) is 1.71. The Morgan fingerprint density at radius 2 is 1.80 bits per heavy atom. The zero-order valence-electron chi connectivity index (χ0n) is 13.0. The van der Waals surface area contributed by atoms with Crippen molar-refractivity contribution in [2.24, 2.45) is 11.1 Å². The molecule has 0 saturated carbocycles. The average molecular weight is 277 g/mol. The Kier molecular flexibility index (Phi) is 8.52. The summed E-state index contributed by atoms with van der Waals surface area (Å²) < 4.78 is 5.65. The molecule has 0 aromatic heterocycles. The summed E-state index contributed by atoms with van der Waals surface area (Å²) in [6.07, 6.45) is 6.15. The smallest absolute Gasteiger partial charge is 0.119 e. The molecule has 0 saturated heterocycles. The average Bonchev–Trinajstić information content (AvgIpc) is 2.49. The molecule has 1 aromatic rings. The molecule has 3 heteroatoms. The van der Waals surface area contributed by atoms with Crippen molar-refractivity contribution >= 4 is 6.21 Å². The van der Waals surface area contributed by atoms with E-state index in [9.17, 15) is 0 Å². The highest BCUT2D eigenvalue weighted by Crippen LogP contribution is 2.18. The minimum absolute atomic E-state index is 0.606. The lowest BCUT2D eigenvalue weighted by atomic mass is 9.95. The van der Waals surface area contributed by atoms with Gasteiger partial charge in [0.1, 0.15) is 12.4 Å². The molecular weight excluding hydrogens is 250 g/mol. The van der Waals surface area contributed by atoms with Crippen molar-refractivity contribution in [1.82, 2.24) is 0 Å². The van der Waals surface area contributed by atoms with E-state index in [2.05, 4.69) is 43.3 Å². The lowest BCUT2D eigenvalue weighted by Crippen LogP contribution is -2.02. The highest BCUT2D eigenvalue weighted by molar-refractivity contribution is 5.56. The van der Waals surface area contributed by atoms with Crippen LogP contribution in [0, 0.1) is 5.92 Å². The molecule has 0 atom stereocenters. The Morgan fingerprint density at radius 1 is 1.10 bits per heavy atom. The maximum atomic E-state index is 5.65. The van der Waals surface area contributed by atoms with Crippen molar-refractivity contribution in [1.29, 1.82) is 0 Å². The summed E-state index contributed by atoms with van der Waals surface area (Å²) in [4.78, 5) is 4.87. The van der Waals surface area contributed by atoms with Gasteiger partial charge in [0.2, 0.25) is 0 Å². The molecule has 0 bridgehead atoms. The first-order valence-corrected chi connectivity index (χ1v) is 7.65. The molecule has 0 N–H and O–H groups in total. The van der Waals surface area contributed by atoms with Crippen molar-refractivity contribution in [3.05, 3.63) is 29.8 Å². The van der Waals surface area contributed by atoms with E-state index in [0.29, 0.717) is 13.2 Å². The normalized spacial score (nSPS) is 11.2. The Bertz CT molecular complexity index is 369. The van der Waals surface area contributed by atoms with Crippen LogP contribution in [-0.4, -0.2) is 19.4 Å². The predicted molar refractivity (Wildman–Crippen MR) is 84.4 cm³/mol. The van der Waals surface area contributed by atoms with Gasteiger partial charge in [-0.15, -0.1) is 0 Å². The predicted octanol–water partition coefficient (Wildman–Crippen LogP) is 4.46. The molecular formula is C17H27NO2. The second kappa shape index (κ2) is 10.3. The van der Waals surface area contributed by atoms with Gasteiger partial charge in [0, 0.05) is 12.6 Å². The van der Waals surface area contributed by atoms with Gasteiger partial charge in [-0.2, -0.15) is 0 Å². The SMILES string of the molecule is CCO/N=C/CCOc1ccc(CC(CC)CC)cc1. The number of hydrogen-bond donors (Lipinski definition) is 0. The van der Waals surface area contributed by atoms with Crippen LogP contribution in [0.2, 0.25) is 0 Å². The van der Waals surface area contributed by atoms with Gasteiger partial charge < -0.3 is 9.57 Å². The Hall–Kier alpha value is -1.51. The van der Waals surface area contributed by atoms with Crippen molar-refractivity contribution < 1.29 is 9.57 Å². The minimum atomic E-state index is 0.606. The van der Waals surface area contributed by atoms with E-state index in [1.54, 1.807) is 6.21 Å². The van der Waals surface area contributed by atoms with Crippen LogP contribution in [0.1, 0.15) is 45.6 Å². The third-order valence-corrected chi connectivity index (χ3v) is 3.40. The quantitative estimate of drug-likeness (QED) is 0.359. The summed E-state index contributed by atoms with van der Waals surface area (Å²) in [7, 11) is 0. The Labute approximate surface area is 123 Å². The van der Waals surface area contributed by atoms with E-state index in [-0.39, 0.29) is 0 Å². The monoisotopic (exact) mass is 277 g/mol. The van der Waals surface area contributed by atoms with Crippen LogP contribution < -0.4 is 4.74 Å². The van der Waals surface area contributed by atoms with Gasteiger partial charge in [-0.25, -0.2) is 0 Å². The highest BCUT2D eigenvalue weighted by atomic mass is 16.6. The topological polar surface area (TPSA) is 30.8 Å². The van der Waals surface area contributed by atoms with E-state index in [1.165, 1.54) is 18.4 Å². The summed E-state index contributed by atoms with van der Waals surface area (Å²) >= 11 is 0. The largest absolute Gasteiger partial charge is 0.493 e. The first kappa shape index (κ1) is 16.5. The number of rotatable bonds is 10. The fourth-order valence-corrected chi connectivity index (χ4v) is 2.04. The number of hydrogen-bond acceptors (Lipinski definition) is 3. The van der Waals surface area contributed by atoms with Crippen LogP contribution in [0.3, 0.4) is 0 Å². The zero-order valence-corrected chi connectivity index (χ0v) is 13.0. The van der Waals surface area contributed by atoms with Crippen molar-refractivity contribution in [3.8, 4) is 5.75 Å². The minimum Gasteiger partial charge on any atom is -0.493 e. The highest BCUT2D eigenvalue weighted by Gasteiger charge is 2.04. The fraction of sp³-hybridized carbons (Fsp3) is 0.588. The van der Waals surface area contributed by atoms with Gasteiger partial charge >= 0.3 is 0 Å². The lowest BCUT2D eigenvalue weighted by molar-refractivity contribution is 0.159. The van der Waals surface area contributed by atoms with E-state index in [1.807, 2.05) is 6.92 Å². The molecule has 0 radical (unpaired) electrons. The summed E-state index contributed by atoms with van der Waals surface area (Å²) in [5, 5.41) is 3.78. The van der Waals surface area contributed by atoms with Crippen molar-refractivity contribution in [2.45, 2.75) is 46.5 Å². The van der Waals surface area contributed by atoms with Crippen LogP contribution >= 0.6 is 0 Å². The molecule has 0 aliphatic rings. The second-order valence-corrected chi connectivity index (χ2v) is 4.87. The van der Waals surface area contributed by atoms with Crippen LogP contribution in [0.25, 0.3) is 0 Å². The molecule has 1 aromatic carbocycles. The molecule has 0 fully saturated rings. The Morgan fingerprint density at radius 3 is 2.40 bits per heavy atom. The second-order valence-electron chi connectivity index (χ2n) is 4.87. The van der Waals surface area contributed by atoms with Crippen molar-refractivity contribution in [3.63, 3.8) is 0 Å². The summed E-state index contributed by atoms with van der Waals surface area (Å²) in [5.41, 5.74) is 1.39. The van der Waals surface area contributed by atoms with E-state index >= 15 is 0 Å². The number of benzene rings is 1.